The third-order valence-electron chi connectivity index (χ3n) is 4.12. The van der Waals surface area contributed by atoms with E-state index in [0.29, 0.717) is 33.8 Å². The van der Waals surface area contributed by atoms with Crippen LogP contribution in [0.5, 0.6) is 11.5 Å². The molecule has 0 unspecified atom stereocenters. The fourth-order valence-electron chi connectivity index (χ4n) is 2.48. The van der Waals surface area contributed by atoms with E-state index >= 15 is 0 Å². The van der Waals surface area contributed by atoms with Gasteiger partial charge in [-0.15, -0.1) is 0 Å². The monoisotopic (exact) mass is 380 g/mol. The summed E-state index contributed by atoms with van der Waals surface area (Å²) in [5.41, 5.74) is 1.58. The standard InChI is InChI=1S/C18H18Cl2N2O3/c1-11(22(2)9-12-3-4-13(19)7-15(12)20)18(23)21-14-5-6-16-17(8-14)25-10-24-16/h3-8,11H,9-10H2,1-2H3,(H,21,23)/t11-/m0/s1. The van der Waals surface area contributed by atoms with Crippen LogP contribution in [0.25, 0.3) is 0 Å². The normalized spacial score (nSPS) is 13.8. The SMILES string of the molecule is C[C@@H](C(=O)Nc1ccc2c(c1)OCO2)N(C)Cc1ccc(Cl)cc1Cl. The first-order valence-electron chi connectivity index (χ1n) is 7.78. The number of rotatable bonds is 5. The number of hydrogen-bond donors (Lipinski definition) is 1. The molecule has 1 atom stereocenters. The van der Waals surface area contributed by atoms with Crippen LogP contribution in [0.1, 0.15) is 12.5 Å². The first-order chi connectivity index (χ1) is 11.9. The number of nitrogens with one attached hydrogen (secondary N) is 1. The van der Waals surface area contributed by atoms with Crippen LogP contribution in [-0.2, 0) is 11.3 Å². The van der Waals surface area contributed by atoms with E-state index in [1.165, 1.54) is 0 Å². The number of carbonyl (C=O) groups excluding carboxylic acids is 1. The minimum absolute atomic E-state index is 0.119. The van der Waals surface area contributed by atoms with Gasteiger partial charge in [0, 0.05) is 28.3 Å². The first-order valence-corrected chi connectivity index (χ1v) is 8.54. The van der Waals surface area contributed by atoms with E-state index in [9.17, 15) is 4.79 Å². The molecule has 0 saturated heterocycles. The Labute approximate surface area is 156 Å². The van der Waals surface area contributed by atoms with Crippen molar-refractivity contribution in [1.29, 1.82) is 0 Å². The van der Waals surface area contributed by atoms with Gasteiger partial charge in [-0.1, -0.05) is 29.3 Å². The Morgan fingerprint density at radius 2 is 1.96 bits per heavy atom. The van der Waals surface area contributed by atoms with Gasteiger partial charge < -0.3 is 14.8 Å². The minimum atomic E-state index is -0.350. The molecule has 1 aliphatic rings. The van der Waals surface area contributed by atoms with Gasteiger partial charge in [0.1, 0.15) is 0 Å². The van der Waals surface area contributed by atoms with Crippen LogP contribution in [0.4, 0.5) is 5.69 Å². The molecule has 0 aromatic heterocycles. The molecule has 132 valence electrons. The molecule has 5 nitrogen and oxygen atoms in total. The molecule has 1 heterocycles. The van der Waals surface area contributed by atoms with Crippen molar-refractivity contribution in [3.63, 3.8) is 0 Å². The van der Waals surface area contributed by atoms with Crippen molar-refractivity contribution >= 4 is 34.8 Å². The molecule has 0 fully saturated rings. The summed E-state index contributed by atoms with van der Waals surface area (Å²) < 4.78 is 10.6. The van der Waals surface area contributed by atoms with E-state index in [1.54, 1.807) is 30.3 Å². The zero-order chi connectivity index (χ0) is 18.0. The van der Waals surface area contributed by atoms with Crippen LogP contribution >= 0.6 is 23.2 Å². The Morgan fingerprint density at radius 3 is 2.72 bits per heavy atom. The quantitative estimate of drug-likeness (QED) is 0.844. The molecule has 0 saturated carbocycles. The summed E-state index contributed by atoms with van der Waals surface area (Å²) in [6.07, 6.45) is 0. The first kappa shape index (κ1) is 17.9. The number of ether oxygens (including phenoxy) is 2. The van der Waals surface area contributed by atoms with Crippen LogP contribution in [-0.4, -0.2) is 30.7 Å². The lowest BCUT2D eigenvalue weighted by atomic mass is 10.2. The lowest BCUT2D eigenvalue weighted by molar-refractivity contribution is -0.120. The highest BCUT2D eigenvalue weighted by molar-refractivity contribution is 6.35. The van der Waals surface area contributed by atoms with E-state index in [0.717, 1.165) is 5.56 Å². The van der Waals surface area contributed by atoms with Gasteiger partial charge in [0.2, 0.25) is 12.7 Å². The summed E-state index contributed by atoms with van der Waals surface area (Å²) in [5.74, 6) is 1.19. The van der Waals surface area contributed by atoms with Crippen molar-refractivity contribution < 1.29 is 14.3 Å². The maximum Gasteiger partial charge on any atom is 0.241 e. The van der Waals surface area contributed by atoms with E-state index in [1.807, 2.05) is 24.9 Å². The molecular formula is C18H18Cl2N2O3. The van der Waals surface area contributed by atoms with Crippen molar-refractivity contribution in [2.45, 2.75) is 19.5 Å². The van der Waals surface area contributed by atoms with Gasteiger partial charge in [0.25, 0.3) is 0 Å². The Hall–Kier alpha value is -1.95. The number of carbonyl (C=O) groups is 1. The Bertz CT molecular complexity index is 798. The van der Waals surface area contributed by atoms with Crippen LogP contribution in [0.2, 0.25) is 10.0 Å². The highest BCUT2D eigenvalue weighted by atomic mass is 35.5. The average Bonchev–Trinajstić information content (AvgIpc) is 3.04. The molecule has 2 aromatic rings. The molecule has 3 rings (SSSR count). The molecule has 7 heteroatoms. The summed E-state index contributed by atoms with van der Waals surface area (Å²) in [6, 6.07) is 10.3. The highest BCUT2D eigenvalue weighted by Crippen LogP contribution is 2.34. The molecule has 0 aliphatic carbocycles. The van der Waals surface area contributed by atoms with Crippen LogP contribution in [0, 0.1) is 0 Å². The maximum absolute atomic E-state index is 12.5. The van der Waals surface area contributed by atoms with Gasteiger partial charge in [-0.25, -0.2) is 0 Å². The number of amides is 1. The Kier molecular flexibility index (Phi) is 5.37. The van der Waals surface area contributed by atoms with Crippen molar-refractivity contribution in [3.05, 3.63) is 52.0 Å². The second-order valence-corrected chi connectivity index (χ2v) is 6.73. The molecule has 0 spiro atoms. The molecule has 1 aliphatic heterocycles. The number of likely N-dealkylation sites (N-methyl/N-ethyl adjacent to an activating group) is 1. The zero-order valence-corrected chi connectivity index (χ0v) is 15.4. The van der Waals surface area contributed by atoms with Crippen molar-refractivity contribution in [2.24, 2.45) is 0 Å². The molecule has 1 amide bonds. The van der Waals surface area contributed by atoms with Gasteiger partial charge in [0.15, 0.2) is 11.5 Å². The molecule has 0 radical (unpaired) electrons. The lowest BCUT2D eigenvalue weighted by Gasteiger charge is -2.24. The topological polar surface area (TPSA) is 50.8 Å². The van der Waals surface area contributed by atoms with E-state index in [2.05, 4.69) is 5.32 Å². The Balaban J connectivity index is 1.63. The number of fused-ring (bicyclic) bond motifs is 1. The number of benzene rings is 2. The molecule has 1 N–H and O–H groups in total. The summed E-state index contributed by atoms with van der Waals surface area (Å²) in [7, 11) is 1.87. The van der Waals surface area contributed by atoms with E-state index in [4.69, 9.17) is 32.7 Å². The summed E-state index contributed by atoms with van der Waals surface area (Å²) >= 11 is 12.1. The third-order valence-corrected chi connectivity index (χ3v) is 4.70. The predicted octanol–water partition coefficient (Wildman–Crippen LogP) is 4.18. The van der Waals surface area contributed by atoms with Crippen LogP contribution in [0.3, 0.4) is 0 Å². The number of anilines is 1. The molecule has 25 heavy (non-hydrogen) atoms. The Morgan fingerprint density at radius 1 is 1.20 bits per heavy atom. The minimum Gasteiger partial charge on any atom is -0.454 e. The molecular weight excluding hydrogens is 363 g/mol. The summed E-state index contributed by atoms with van der Waals surface area (Å²) in [5, 5.41) is 4.07. The van der Waals surface area contributed by atoms with Gasteiger partial charge in [-0.3, -0.25) is 9.69 Å². The van der Waals surface area contributed by atoms with Crippen LogP contribution < -0.4 is 14.8 Å². The summed E-state index contributed by atoms with van der Waals surface area (Å²) in [6.45, 7) is 2.57. The van der Waals surface area contributed by atoms with Gasteiger partial charge in [0.05, 0.1) is 6.04 Å². The maximum atomic E-state index is 12.5. The number of halogens is 2. The molecule has 0 bridgehead atoms. The third kappa shape index (κ3) is 4.18. The van der Waals surface area contributed by atoms with E-state index < -0.39 is 0 Å². The van der Waals surface area contributed by atoms with Gasteiger partial charge in [-0.2, -0.15) is 0 Å². The van der Waals surface area contributed by atoms with E-state index in [-0.39, 0.29) is 18.7 Å². The van der Waals surface area contributed by atoms with Crippen LogP contribution in [0.15, 0.2) is 36.4 Å². The largest absolute Gasteiger partial charge is 0.454 e. The fourth-order valence-corrected chi connectivity index (χ4v) is 2.94. The van der Waals surface area contributed by atoms with Crippen molar-refractivity contribution in [2.75, 3.05) is 19.2 Å². The van der Waals surface area contributed by atoms with Crippen molar-refractivity contribution in [1.82, 2.24) is 4.90 Å². The zero-order valence-electron chi connectivity index (χ0n) is 13.9. The fraction of sp³-hybridized carbons (Fsp3) is 0.278. The predicted molar refractivity (Wildman–Crippen MR) is 98.6 cm³/mol. The second-order valence-electron chi connectivity index (χ2n) is 5.88. The van der Waals surface area contributed by atoms with Gasteiger partial charge >= 0.3 is 0 Å². The summed E-state index contributed by atoms with van der Waals surface area (Å²) in [4.78, 5) is 14.4. The van der Waals surface area contributed by atoms with Gasteiger partial charge in [-0.05, 0) is 43.8 Å². The smallest absolute Gasteiger partial charge is 0.241 e. The molecule has 2 aromatic carbocycles. The second kappa shape index (κ2) is 7.52. The van der Waals surface area contributed by atoms with Crippen molar-refractivity contribution in [3.8, 4) is 11.5 Å². The number of hydrogen-bond acceptors (Lipinski definition) is 4. The highest BCUT2D eigenvalue weighted by Gasteiger charge is 2.20. The number of nitrogens with zero attached hydrogens (tertiary/aromatic N) is 1. The average molecular weight is 381 g/mol. The lowest BCUT2D eigenvalue weighted by Crippen LogP contribution is -2.39.